The van der Waals surface area contributed by atoms with Crippen LogP contribution in [0.4, 0.5) is 10.6 Å². The first-order valence-corrected chi connectivity index (χ1v) is 7.93. The highest BCUT2D eigenvalue weighted by molar-refractivity contribution is 5.68. The summed E-state index contributed by atoms with van der Waals surface area (Å²) in [6.45, 7) is 12.8. The molecule has 0 spiro atoms. The molecular weight excluding hydrogens is 280 g/mol. The number of carbonyl (C=O) groups excluding carboxylic acids is 1. The van der Waals surface area contributed by atoms with E-state index in [-0.39, 0.29) is 12.2 Å². The van der Waals surface area contributed by atoms with Crippen LogP contribution in [0, 0.1) is 6.92 Å². The number of aryl methyl sites for hydroxylation is 1. The van der Waals surface area contributed by atoms with E-state index in [0.717, 1.165) is 30.4 Å². The molecule has 1 aromatic heterocycles. The zero-order valence-corrected chi connectivity index (χ0v) is 14.2. The first-order chi connectivity index (χ1) is 10.4. The van der Waals surface area contributed by atoms with E-state index in [1.807, 2.05) is 26.8 Å². The van der Waals surface area contributed by atoms with Crippen LogP contribution in [0.25, 0.3) is 0 Å². The van der Waals surface area contributed by atoms with Crippen LogP contribution in [0.15, 0.2) is 6.07 Å². The molecule has 6 heteroatoms. The van der Waals surface area contributed by atoms with Gasteiger partial charge in [-0.2, -0.15) is 0 Å². The van der Waals surface area contributed by atoms with Crippen LogP contribution in [-0.4, -0.2) is 53.2 Å². The summed E-state index contributed by atoms with van der Waals surface area (Å²) in [6.07, 6.45) is -0.306. The summed E-state index contributed by atoms with van der Waals surface area (Å²) in [5.41, 5.74) is 0.982. The minimum absolute atomic E-state index is 0.0800. The predicted molar refractivity (Wildman–Crippen MR) is 86.3 cm³/mol. The lowest BCUT2D eigenvalue weighted by atomic mass is 10.2. The monoisotopic (exact) mass is 306 g/mol. The minimum Gasteiger partial charge on any atom is -0.447 e. The fourth-order valence-corrected chi connectivity index (χ4v) is 2.39. The van der Waals surface area contributed by atoms with Crippen molar-refractivity contribution in [3.8, 4) is 0 Å². The van der Waals surface area contributed by atoms with Crippen molar-refractivity contribution in [1.82, 2.24) is 14.9 Å². The number of rotatable bonds is 3. The maximum Gasteiger partial charge on any atom is 0.410 e. The van der Waals surface area contributed by atoms with Gasteiger partial charge in [-0.3, -0.25) is 0 Å². The summed E-state index contributed by atoms with van der Waals surface area (Å²) < 4.78 is 5.24. The lowest BCUT2D eigenvalue weighted by Gasteiger charge is -2.35. The number of carbonyl (C=O) groups is 1. The normalized spacial score (nSPS) is 15.6. The lowest BCUT2D eigenvalue weighted by Crippen LogP contribution is -2.49. The summed E-state index contributed by atoms with van der Waals surface area (Å²) >= 11 is 0. The molecule has 2 heterocycles. The van der Waals surface area contributed by atoms with E-state index in [4.69, 9.17) is 4.74 Å². The molecule has 1 aliphatic heterocycles. The van der Waals surface area contributed by atoms with Crippen LogP contribution < -0.4 is 4.90 Å². The van der Waals surface area contributed by atoms with Gasteiger partial charge in [0.25, 0.3) is 0 Å². The SMILES string of the molecule is Cc1cc(N2CCN(C(=O)OC(C)C)CC2)nc(C(C)C)n1. The van der Waals surface area contributed by atoms with Crippen molar-refractivity contribution in [1.29, 1.82) is 0 Å². The number of amides is 1. The molecule has 1 amide bonds. The molecule has 6 nitrogen and oxygen atoms in total. The molecular formula is C16H26N4O2. The molecule has 1 aromatic rings. The number of nitrogens with zero attached hydrogens (tertiary/aromatic N) is 4. The maximum atomic E-state index is 11.9. The van der Waals surface area contributed by atoms with Crippen LogP contribution >= 0.6 is 0 Å². The third-order valence-electron chi connectivity index (χ3n) is 3.57. The topological polar surface area (TPSA) is 58.6 Å². The first kappa shape index (κ1) is 16.5. The third kappa shape index (κ3) is 4.08. The molecule has 0 aromatic carbocycles. The van der Waals surface area contributed by atoms with E-state index in [1.165, 1.54) is 0 Å². The fourth-order valence-electron chi connectivity index (χ4n) is 2.39. The van der Waals surface area contributed by atoms with Gasteiger partial charge in [0.05, 0.1) is 6.10 Å². The Labute approximate surface area is 132 Å². The molecule has 2 rings (SSSR count). The van der Waals surface area contributed by atoms with E-state index < -0.39 is 0 Å². The van der Waals surface area contributed by atoms with Crippen molar-refractivity contribution >= 4 is 11.9 Å². The summed E-state index contributed by atoms with van der Waals surface area (Å²) in [4.78, 5) is 25.0. The molecule has 122 valence electrons. The number of piperazine rings is 1. The molecule has 1 fully saturated rings. The van der Waals surface area contributed by atoms with E-state index in [0.29, 0.717) is 19.0 Å². The summed E-state index contributed by atoms with van der Waals surface area (Å²) in [5, 5.41) is 0. The van der Waals surface area contributed by atoms with Crippen molar-refractivity contribution in [3.05, 3.63) is 17.6 Å². The lowest BCUT2D eigenvalue weighted by molar-refractivity contribution is 0.0751. The molecule has 0 N–H and O–H groups in total. The smallest absolute Gasteiger partial charge is 0.410 e. The van der Waals surface area contributed by atoms with Crippen molar-refractivity contribution in [3.63, 3.8) is 0 Å². The average Bonchev–Trinajstić information content (AvgIpc) is 2.46. The largest absolute Gasteiger partial charge is 0.447 e. The first-order valence-electron chi connectivity index (χ1n) is 7.93. The Bertz CT molecular complexity index is 523. The zero-order chi connectivity index (χ0) is 16.3. The number of aromatic nitrogens is 2. The van der Waals surface area contributed by atoms with Crippen LogP contribution in [-0.2, 0) is 4.74 Å². The van der Waals surface area contributed by atoms with Gasteiger partial charge in [-0.1, -0.05) is 13.8 Å². The van der Waals surface area contributed by atoms with E-state index in [2.05, 4.69) is 28.7 Å². The Balaban J connectivity index is 2.01. The highest BCUT2D eigenvalue weighted by atomic mass is 16.6. The average molecular weight is 306 g/mol. The minimum atomic E-state index is -0.226. The van der Waals surface area contributed by atoms with Gasteiger partial charge in [0.15, 0.2) is 0 Å². The van der Waals surface area contributed by atoms with Gasteiger partial charge >= 0.3 is 6.09 Å². The molecule has 0 unspecified atom stereocenters. The summed E-state index contributed by atoms with van der Waals surface area (Å²) in [7, 11) is 0. The van der Waals surface area contributed by atoms with Crippen molar-refractivity contribution in [2.24, 2.45) is 0 Å². The summed E-state index contributed by atoms with van der Waals surface area (Å²) in [5.74, 6) is 2.13. The van der Waals surface area contributed by atoms with Crippen LogP contribution in [0.2, 0.25) is 0 Å². The van der Waals surface area contributed by atoms with E-state index in [1.54, 1.807) is 4.90 Å². The Hall–Kier alpha value is -1.85. The molecule has 1 aliphatic rings. The van der Waals surface area contributed by atoms with Crippen molar-refractivity contribution in [2.45, 2.75) is 46.6 Å². The van der Waals surface area contributed by atoms with Crippen LogP contribution in [0.5, 0.6) is 0 Å². The Kier molecular flexibility index (Phi) is 5.21. The quantitative estimate of drug-likeness (QED) is 0.859. The zero-order valence-electron chi connectivity index (χ0n) is 14.2. The molecule has 0 aliphatic carbocycles. The number of ether oxygens (including phenoxy) is 1. The van der Waals surface area contributed by atoms with Crippen molar-refractivity contribution < 1.29 is 9.53 Å². The van der Waals surface area contributed by atoms with Gasteiger partial charge in [-0.05, 0) is 20.8 Å². The molecule has 0 radical (unpaired) electrons. The van der Waals surface area contributed by atoms with Crippen molar-refractivity contribution in [2.75, 3.05) is 31.1 Å². The second-order valence-electron chi connectivity index (χ2n) is 6.29. The van der Waals surface area contributed by atoms with Gasteiger partial charge in [0, 0.05) is 43.9 Å². The molecule has 0 atom stereocenters. The second kappa shape index (κ2) is 6.94. The van der Waals surface area contributed by atoms with Gasteiger partial charge < -0.3 is 14.5 Å². The highest BCUT2D eigenvalue weighted by Gasteiger charge is 2.24. The Morgan fingerprint density at radius 1 is 1.14 bits per heavy atom. The van der Waals surface area contributed by atoms with E-state index in [9.17, 15) is 4.79 Å². The molecule has 0 bridgehead atoms. The van der Waals surface area contributed by atoms with Gasteiger partial charge in [-0.25, -0.2) is 14.8 Å². The van der Waals surface area contributed by atoms with Crippen LogP contribution in [0.1, 0.15) is 45.1 Å². The Morgan fingerprint density at radius 2 is 1.77 bits per heavy atom. The fraction of sp³-hybridized carbons (Fsp3) is 0.688. The van der Waals surface area contributed by atoms with Crippen LogP contribution in [0.3, 0.4) is 0 Å². The number of hydrogen-bond acceptors (Lipinski definition) is 5. The Morgan fingerprint density at radius 3 is 2.32 bits per heavy atom. The number of hydrogen-bond donors (Lipinski definition) is 0. The number of anilines is 1. The second-order valence-corrected chi connectivity index (χ2v) is 6.29. The molecule has 0 saturated carbocycles. The van der Waals surface area contributed by atoms with Gasteiger partial charge in [0.1, 0.15) is 11.6 Å². The van der Waals surface area contributed by atoms with Gasteiger partial charge in [0.2, 0.25) is 0 Å². The molecule has 1 saturated heterocycles. The standard InChI is InChI=1S/C16H26N4O2/c1-11(2)15-17-13(5)10-14(18-15)19-6-8-20(9-7-19)16(21)22-12(3)4/h10-12H,6-9H2,1-5H3. The third-order valence-corrected chi connectivity index (χ3v) is 3.57. The highest BCUT2D eigenvalue weighted by Crippen LogP contribution is 2.19. The predicted octanol–water partition coefficient (Wildman–Crippen LogP) is 2.58. The van der Waals surface area contributed by atoms with Gasteiger partial charge in [-0.15, -0.1) is 0 Å². The maximum absolute atomic E-state index is 11.9. The van der Waals surface area contributed by atoms with E-state index >= 15 is 0 Å². The molecule has 22 heavy (non-hydrogen) atoms. The summed E-state index contributed by atoms with van der Waals surface area (Å²) in [6, 6.07) is 2.01.